The zero-order valence-electron chi connectivity index (χ0n) is 11.2. The molecule has 0 bridgehead atoms. The molecule has 3 rings (SSSR count). The molecule has 0 aliphatic carbocycles. The number of hydrogen-bond donors (Lipinski definition) is 1. The van der Waals surface area contributed by atoms with Gasteiger partial charge in [-0.1, -0.05) is 24.3 Å². The Bertz CT molecular complexity index is 615. The van der Waals surface area contributed by atoms with Crippen LogP contribution in [0.2, 0.25) is 0 Å². The number of para-hydroxylation sites is 1. The van der Waals surface area contributed by atoms with Crippen molar-refractivity contribution >= 4 is 0 Å². The van der Waals surface area contributed by atoms with Gasteiger partial charge in [-0.15, -0.1) is 0 Å². The van der Waals surface area contributed by atoms with Gasteiger partial charge in [0.2, 0.25) is 6.79 Å². The summed E-state index contributed by atoms with van der Waals surface area (Å²) in [5, 5.41) is 3.37. The van der Waals surface area contributed by atoms with Crippen molar-refractivity contribution < 1.29 is 13.9 Å². The minimum Gasteiger partial charge on any atom is -0.454 e. The van der Waals surface area contributed by atoms with Crippen LogP contribution in [0.5, 0.6) is 11.5 Å². The molecule has 1 N–H and O–H groups in total. The fourth-order valence-electron chi connectivity index (χ4n) is 2.29. The zero-order chi connectivity index (χ0) is 13.9. The summed E-state index contributed by atoms with van der Waals surface area (Å²) in [7, 11) is 0. The van der Waals surface area contributed by atoms with Crippen LogP contribution in [0.25, 0.3) is 0 Å². The predicted octanol–water partition coefficient (Wildman–Crippen LogP) is 3.41. The maximum absolute atomic E-state index is 13.2. The van der Waals surface area contributed by atoms with Crippen LogP contribution in [0.4, 0.5) is 4.39 Å². The number of benzene rings is 2. The van der Waals surface area contributed by atoms with Crippen molar-refractivity contribution in [2.24, 2.45) is 0 Å². The molecule has 1 atom stereocenters. The fraction of sp³-hybridized carbons (Fsp3) is 0.250. The number of fused-ring (bicyclic) bond motifs is 1. The largest absolute Gasteiger partial charge is 0.454 e. The Balaban J connectivity index is 1.69. The highest BCUT2D eigenvalue weighted by Gasteiger charge is 2.17. The van der Waals surface area contributed by atoms with Crippen LogP contribution in [0.3, 0.4) is 0 Å². The van der Waals surface area contributed by atoms with Gasteiger partial charge in [-0.3, -0.25) is 0 Å². The van der Waals surface area contributed by atoms with Gasteiger partial charge in [0, 0.05) is 18.2 Å². The molecule has 0 radical (unpaired) electrons. The molecule has 0 amide bonds. The highest BCUT2D eigenvalue weighted by Crippen LogP contribution is 2.35. The molecule has 1 aliphatic rings. The van der Waals surface area contributed by atoms with E-state index in [1.807, 2.05) is 31.2 Å². The highest BCUT2D eigenvalue weighted by atomic mass is 19.1. The average molecular weight is 273 g/mol. The van der Waals surface area contributed by atoms with Gasteiger partial charge in [-0.25, -0.2) is 4.39 Å². The summed E-state index contributed by atoms with van der Waals surface area (Å²) < 4.78 is 24.0. The van der Waals surface area contributed by atoms with Crippen molar-refractivity contribution in [3.05, 3.63) is 59.4 Å². The van der Waals surface area contributed by atoms with E-state index in [0.29, 0.717) is 6.54 Å². The van der Waals surface area contributed by atoms with E-state index in [4.69, 9.17) is 9.47 Å². The molecule has 3 nitrogen and oxygen atoms in total. The third-order valence-corrected chi connectivity index (χ3v) is 3.43. The summed E-state index contributed by atoms with van der Waals surface area (Å²) in [5.41, 5.74) is 1.97. The normalized spacial score (nSPS) is 14.3. The number of hydrogen-bond acceptors (Lipinski definition) is 3. The third-order valence-electron chi connectivity index (χ3n) is 3.43. The van der Waals surface area contributed by atoms with E-state index in [0.717, 1.165) is 22.6 Å². The first-order valence-electron chi connectivity index (χ1n) is 6.60. The molecule has 0 saturated heterocycles. The lowest BCUT2D eigenvalue weighted by atomic mass is 10.1. The Kier molecular flexibility index (Phi) is 3.56. The highest BCUT2D eigenvalue weighted by molar-refractivity contribution is 5.48. The van der Waals surface area contributed by atoms with Crippen LogP contribution < -0.4 is 14.8 Å². The second-order valence-electron chi connectivity index (χ2n) is 4.81. The molecule has 0 saturated carbocycles. The van der Waals surface area contributed by atoms with E-state index in [1.165, 1.54) is 6.07 Å². The van der Waals surface area contributed by atoms with Crippen molar-refractivity contribution in [1.82, 2.24) is 5.32 Å². The summed E-state index contributed by atoms with van der Waals surface area (Å²) >= 11 is 0. The van der Waals surface area contributed by atoms with E-state index in [9.17, 15) is 4.39 Å². The molecule has 4 heteroatoms. The molecule has 1 heterocycles. The molecule has 0 fully saturated rings. The van der Waals surface area contributed by atoms with E-state index < -0.39 is 0 Å². The van der Waals surface area contributed by atoms with Crippen LogP contribution in [0.15, 0.2) is 42.5 Å². The molecule has 0 unspecified atom stereocenters. The van der Waals surface area contributed by atoms with Crippen LogP contribution >= 0.6 is 0 Å². The first-order chi connectivity index (χ1) is 9.74. The summed E-state index contributed by atoms with van der Waals surface area (Å²) in [6.45, 7) is 2.92. The zero-order valence-corrected chi connectivity index (χ0v) is 11.2. The van der Waals surface area contributed by atoms with Crippen LogP contribution in [-0.2, 0) is 6.54 Å². The lowest BCUT2D eigenvalue weighted by molar-refractivity contribution is 0.173. The molecule has 0 spiro atoms. The molecular formula is C16H16FNO2. The average Bonchev–Trinajstić information content (AvgIpc) is 2.93. The third kappa shape index (κ3) is 2.60. The van der Waals surface area contributed by atoms with Gasteiger partial charge in [0.15, 0.2) is 11.5 Å². The van der Waals surface area contributed by atoms with Gasteiger partial charge in [-0.05, 0) is 30.7 Å². The minimum atomic E-state index is -0.214. The molecule has 2 aromatic carbocycles. The van der Waals surface area contributed by atoms with Gasteiger partial charge in [0.05, 0.1) is 0 Å². The molecule has 20 heavy (non-hydrogen) atoms. The van der Waals surface area contributed by atoms with Gasteiger partial charge in [0.1, 0.15) is 5.82 Å². The van der Waals surface area contributed by atoms with E-state index in [1.54, 1.807) is 12.1 Å². The van der Waals surface area contributed by atoms with Crippen LogP contribution in [0.1, 0.15) is 24.1 Å². The van der Waals surface area contributed by atoms with Gasteiger partial charge >= 0.3 is 0 Å². The van der Waals surface area contributed by atoms with E-state index >= 15 is 0 Å². The Hall–Kier alpha value is -2.07. The van der Waals surface area contributed by atoms with Crippen LogP contribution in [0, 0.1) is 5.82 Å². The smallest absolute Gasteiger partial charge is 0.231 e. The monoisotopic (exact) mass is 273 g/mol. The first kappa shape index (κ1) is 12.9. The second-order valence-corrected chi connectivity index (χ2v) is 4.81. The SMILES string of the molecule is C[C@H](NCc1cccc2c1OCO2)c1cccc(F)c1. The van der Waals surface area contributed by atoms with Crippen molar-refractivity contribution in [3.8, 4) is 11.5 Å². The molecular weight excluding hydrogens is 257 g/mol. The second kappa shape index (κ2) is 5.51. The lowest BCUT2D eigenvalue weighted by Gasteiger charge is -2.15. The van der Waals surface area contributed by atoms with Crippen molar-refractivity contribution in [1.29, 1.82) is 0 Å². The Morgan fingerprint density at radius 3 is 2.90 bits per heavy atom. The summed E-state index contributed by atoms with van der Waals surface area (Å²) in [4.78, 5) is 0. The summed E-state index contributed by atoms with van der Waals surface area (Å²) in [6.07, 6.45) is 0. The Morgan fingerprint density at radius 2 is 2.05 bits per heavy atom. The van der Waals surface area contributed by atoms with Gasteiger partial charge in [0.25, 0.3) is 0 Å². The topological polar surface area (TPSA) is 30.5 Å². The molecule has 1 aliphatic heterocycles. The maximum atomic E-state index is 13.2. The molecule has 0 aromatic heterocycles. The van der Waals surface area contributed by atoms with E-state index in [-0.39, 0.29) is 18.7 Å². The number of halogens is 1. The summed E-state index contributed by atoms with van der Waals surface area (Å²) in [6, 6.07) is 12.5. The number of ether oxygens (including phenoxy) is 2. The van der Waals surface area contributed by atoms with Crippen molar-refractivity contribution in [3.63, 3.8) is 0 Å². The molecule has 104 valence electrons. The Labute approximate surface area is 117 Å². The summed E-state index contributed by atoms with van der Waals surface area (Å²) in [5.74, 6) is 1.36. The van der Waals surface area contributed by atoms with Gasteiger partial charge < -0.3 is 14.8 Å². The van der Waals surface area contributed by atoms with E-state index in [2.05, 4.69) is 5.32 Å². The van der Waals surface area contributed by atoms with Crippen LogP contribution in [-0.4, -0.2) is 6.79 Å². The minimum absolute atomic E-state index is 0.0591. The van der Waals surface area contributed by atoms with Crippen molar-refractivity contribution in [2.75, 3.05) is 6.79 Å². The fourth-order valence-corrected chi connectivity index (χ4v) is 2.29. The molecule has 2 aromatic rings. The standard InChI is InChI=1S/C16H16FNO2/c1-11(12-4-2-6-14(17)8-12)18-9-13-5-3-7-15-16(13)20-10-19-15/h2-8,11,18H,9-10H2,1H3/t11-/m0/s1. The Morgan fingerprint density at radius 1 is 1.20 bits per heavy atom. The quantitative estimate of drug-likeness (QED) is 0.926. The first-order valence-corrected chi connectivity index (χ1v) is 6.60. The van der Waals surface area contributed by atoms with Gasteiger partial charge in [-0.2, -0.15) is 0 Å². The predicted molar refractivity (Wildman–Crippen MR) is 74.2 cm³/mol. The maximum Gasteiger partial charge on any atom is 0.231 e. The lowest BCUT2D eigenvalue weighted by Crippen LogP contribution is -2.18. The van der Waals surface area contributed by atoms with Crippen molar-refractivity contribution in [2.45, 2.75) is 19.5 Å². The number of nitrogens with one attached hydrogen (secondary N) is 1. The number of rotatable bonds is 4.